The van der Waals surface area contributed by atoms with E-state index in [9.17, 15) is 15.8 Å². The van der Waals surface area contributed by atoms with Gasteiger partial charge < -0.3 is 4.74 Å². The summed E-state index contributed by atoms with van der Waals surface area (Å²) < 4.78 is 5.98. The Kier molecular flexibility index (Phi) is 5.09. The zero-order chi connectivity index (χ0) is 21.1. The van der Waals surface area contributed by atoms with Crippen molar-refractivity contribution in [2.45, 2.75) is 25.2 Å². The number of hydrogen-bond donors (Lipinski definition) is 1. The molecular formula is C25H21N4O+. The first-order chi connectivity index (χ1) is 14.6. The van der Waals surface area contributed by atoms with E-state index in [1.807, 2.05) is 54.6 Å². The molecule has 0 aromatic heterocycles. The average molecular weight is 393 g/mol. The van der Waals surface area contributed by atoms with Gasteiger partial charge in [-0.15, -0.1) is 0 Å². The fourth-order valence-electron chi connectivity index (χ4n) is 4.82. The lowest BCUT2D eigenvalue weighted by Gasteiger charge is -2.43. The van der Waals surface area contributed by atoms with Gasteiger partial charge in [-0.2, -0.15) is 15.8 Å². The average Bonchev–Trinajstić information content (AvgIpc) is 2.79. The van der Waals surface area contributed by atoms with E-state index >= 15 is 0 Å². The van der Waals surface area contributed by atoms with Gasteiger partial charge in [0.05, 0.1) is 18.2 Å². The molecule has 1 fully saturated rings. The van der Waals surface area contributed by atoms with Gasteiger partial charge in [-0.1, -0.05) is 36.4 Å². The molecule has 0 saturated heterocycles. The number of benzene rings is 2. The molecule has 0 amide bonds. The SMILES string of the molecule is N#C[C@@H]1C(=[NH2+])C(C#N)(C#N)[C@@H](c2cccc(Oc3ccccc3)c2)[C@H]2CCCC=C12. The summed E-state index contributed by atoms with van der Waals surface area (Å²) in [7, 11) is 0. The second kappa shape index (κ2) is 7.86. The third kappa shape index (κ3) is 3.04. The van der Waals surface area contributed by atoms with Gasteiger partial charge in [-0.25, -0.2) is 0 Å². The van der Waals surface area contributed by atoms with Crippen molar-refractivity contribution in [3.05, 3.63) is 71.8 Å². The van der Waals surface area contributed by atoms with Crippen molar-refractivity contribution >= 4 is 5.71 Å². The van der Waals surface area contributed by atoms with Crippen LogP contribution in [0.2, 0.25) is 0 Å². The molecule has 0 spiro atoms. The number of fused-ring (bicyclic) bond motifs is 1. The standard InChI is InChI=1S/C25H20N4O/c26-14-22-20-11-4-5-12-21(20)23(25(15-27,16-28)24(22)29)17-7-6-10-19(13-17)30-18-8-2-1-3-9-18/h1-3,6-11,13,21-23,29H,4-5,12H2/p+1/t21-,22-,23-/m0/s1. The Bertz CT molecular complexity index is 1120. The number of rotatable bonds is 3. The summed E-state index contributed by atoms with van der Waals surface area (Å²) in [5.41, 5.74) is 0.342. The van der Waals surface area contributed by atoms with Crippen molar-refractivity contribution < 1.29 is 10.1 Å². The predicted molar refractivity (Wildman–Crippen MR) is 111 cm³/mol. The highest BCUT2D eigenvalue weighted by Crippen LogP contribution is 2.54. The summed E-state index contributed by atoms with van der Waals surface area (Å²) in [4.78, 5) is 0. The second-order valence-electron chi connectivity index (χ2n) is 7.76. The molecule has 2 aliphatic rings. The van der Waals surface area contributed by atoms with Crippen LogP contribution in [0.3, 0.4) is 0 Å². The van der Waals surface area contributed by atoms with E-state index in [0.29, 0.717) is 11.5 Å². The lowest BCUT2D eigenvalue weighted by atomic mass is 9.53. The maximum atomic E-state index is 10.1. The smallest absolute Gasteiger partial charge is 0.230 e. The van der Waals surface area contributed by atoms with Gasteiger partial charge in [0.1, 0.15) is 17.4 Å². The molecule has 4 rings (SSSR count). The minimum Gasteiger partial charge on any atom is -0.457 e. The van der Waals surface area contributed by atoms with Crippen LogP contribution in [0.25, 0.3) is 0 Å². The summed E-state index contributed by atoms with van der Waals surface area (Å²) in [6.07, 6.45) is 4.73. The molecule has 2 aliphatic carbocycles. The first kappa shape index (κ1) is 19.4. The molecule has 1 saturated carbocycles. The van der Waals surface area contributed by atoms with Gasteiger partial charge in [-0.3, -0.25) is 5.41 Å². The van der Waals surface area contributed by atoms with E-state index in [1.165, 1.54) is 0 Å². The summed E-state index contributed by atoms with van der Waals surface area (Å²) in [5, 5.41) is 36.4. The van der Waals surface area contributed by atoms with Gasteiger partial charge in [0, 0.05) is 5.92 Å². The van der Waals surface area contributed by atoms with E-state index in [0.717, 1.165) is 30.4 Å². The molecule has 2 aromatic rings. The maximum absolute atomic E-state index is 10.1. The molecule has 2 aromatic carbocycles. The molecule has 5 nitrogen and oxygen atoms in total. The van der Waals surface area contributed by atoms with Crippen molar-refractivity contribution in [1.29, 1.82) is 15.8 Å². The Labute approximate surface area is 176 Å². The van der Waals surface area contributed by atoms with Gasteiger partial charge in [0.2, 0.25) is 11.1 Å². The van der Waals surface area contributed by atoms with Crippen LogP contribution in [-0.4, -0.2) is 5.71 Å². The molecular weight excluding hydrogens is 372 g/mol. The first-order valence-electron chi connectivity index (χ1n) is 10.0. The van der Waals surface area contributed by atoms with Crippen LogP contribution in [0.1, 0.15) is 30.7 Å². The molecule has 3 atom stereocenters. The number of hydrogen-bond acceptors (Lipinski definition) is 4. The quantitative estimate of drug-likeness (QED) is 0.803. The molecule has 0 aliphatic heterocycles. The predicted octanol–water partition coefficient (Wildman–Crippen LogP) is 3.68. The minimum atomic E-state index is -1.56. The highest BCUT2D eigenvalue weighted by molar-refractivity contribution is 5.98. The first-order valence-corrected chi connectivity index (χ1v) is 10.0. The summed E-state index contributed by atoms with van der Waals surface area (Å²) in [6, 6.07) is 23.6. The highest BCUT2D eigenvalue weighted by atomic mass is 16.5. The zero-order valence-corrected chi connectivity index (χ0v) is 16.5. The molecule has 146 valence electrons. The zero-order valence-electron chi connectivity index (χ0n) is 16.5. The largest absolute Gasteiger partial charge is 0.457 e. The van der Waals surface area contributed by atoms with Crippen LogP contribution in [0.15, 0.2) is 66.2 Å². The third-order valence-corrected chi connectivity index (χ3v) is 6.17. The van der Waals surface area contributed by atoms with Crippen LogP contribution in [0.5, 0.6) is 11.5 Å². The van der Waals surface area contributed by atoms with Crippen molar-refractivity contribution in [2.24, 2.45) is 17.3 Å². The van der Waals surface area contributed by atoms with Crippen LogP contribution < -0.4 is 10.1 Å². The number of para-hydroxylation sites is 1. The third-order valence-electron chi connectivity index (χ3n) is 6.17. The van der Waals surface area contributed by atoms with E-state index in [-0.39, 0.29) is 11.6 Å². The molecule has 0 unspecified atom stereocenters. The molecule has 5 heteroatoms. The van der Waals surface area contributed by atoms with Crippen molar-refractivity contribution in [3.8, 4) is 29.7 Å². The van der Waals surface area contributed by atoms with Crippen molar-refractivity contribution in [3.63, 3.8) is 0 Å². The van der Waals surface area contributed by atoms with E-state index < -0.39 is 17.3 Å². The Hall–Kier alpha value is -3.88. The van der Waals surface area contributed by atoms with Crippen LogP contribution in [0.4, 0.5) is 0 Å². The van der Waals surface area contributed by atoms with Gasteiger partial charge in [0.25, 0.3) is 0 Å². The monoisotopic (exact) mass is 393 g/mol. The Balaban J connectivity index is 1.82. The number of allylic oxidation sites excluding steroid dienone is 2. The van der Waals surface area contributed by atoms with Gasteiger partial charge >= 0.3 is 0 Å². The maximum Gasteiger partial charge on any atom is 0.230 e. The fourth-order valence-corrected chi connectivity index (χ4v) is 4.82. The molecule has 30 heavy (non-hydrogen) atoms. The summed E-state index contributed by atoms with van der Waals surface area (Å²) in [6.45, 7) is 0. The van der Waals surface area contributed by atoms with Gasteiger partial charge in [0.15, 0.2) is 0 Å². The van der Waals surface area contributed by atoms with E-state index in [4.69, 9.17) is 10.1 Å². The summed E-state index contributed by atoms with van der Waals surface area (Å²) >= 11 is 0. The Morgan fingerprint density at radius 3 is 2.40 bits per heavy atom. The Morgan fingerprint density at radius 1 is 0.967 bits per heavy atom. The van der Waals surface area contributed by atoms with Crippen LogP contribution in [-0.2, 0) is 0 Å². The number of nitriles is 3. The number of nitrogens with two attached hydrogens (primary N) is 1. The van der Waals surface area contributed by atoms with Crippen molar-refractivity contribution in [1.82, 2.24) is 0 Å². The molecule has 0 heterocycles. The van der Waals surface area contributed by atoms with E-state index in [1.54, 1.807) is 0 Å². The molecule has 0 radical (unpaired) electrons. The van der Waals surface area contributed by atoms with Crippen molar-refractivity contribution in [2.75, 3.05) is 0 Å². The van der Waals surface area contributed by atoms with E-state index in [2.05, 4.69) is 24.3 Å². The molecule has 0 bridgehead atoms. The normalized spacial score (nSPS) is 24.4. The topological polar surface area (TPSA) is 106 Å². The van der Waals surface area contributed by atoms with Gasteiger partial charge in [-0.05, 0) is 60.6 Å². The fraction of sp³-hybridized carbons (Fsp3) is 0.280. The van der Waals surface area contributed by atoms with Crippen LogP contribution >= 0.6 is 0 Å². The summed E-state index contributed by atoms with van der Waals surface area (Å²) in [5.74, 6) is 0.101. The molecule has 2 N–H and O–H groups in total. The highest BCUT2D eigenvalue weighted by Gasteiger charge is 2.60. The minimum absolute atomic E-state index is 0.0815. The second-order valence-corrected chi connectivity index (χ2v) is 7.76. The lowest BCUT2D eigenvalue weighted by molar-refractivity contribution is -0.128. The Morgan fingerprint density at radius 2 is 1.70 bits per heavy atom. The number of nitrogens with zero attached hydrogens (tertiary/aromatic N) is 3. The lowest BCUT2D eigenvalue weighted by Crippen LogP contribution is -2.60. The number of ether oxygens (including phenoxy) is 1. The van der Waals surface area contributed by atoms with Crippen LogP contribution in [0, 0.1) is 51.2 Å².